The zero-order valence-electron chi connectivity index (χ0n) is 15.7. The van der Waals surface area contributed by atoms with Gasteiger partial charge in [-0.15, -0.1) is 0 Å². The van der Waals surface area contributed by atoms with Crippen LogP contribution in [0.5, 0.6) is 0 Å². The summed E-state index contributed by atoms with van der Waals surface area (Å²) in [6, 6.07) is 10.1. The predicted molar refractivity (Wildman–Crippen MR) is 110 cm³/mol. The molecule has 2 aromatic heterocycles. The SMILES string of the molecule is CCN(C(=O)CN1CCN(c2cc(C)[nH]n2)CC1)c1nc2ccccc2s1. The average molecular weight is 385 g/mol. The molecule has 7 nitrogen and oxygen atoms in total. The van der Waals surface area contributed by atoms with Crippen LogP contribution in [0.1, 0.15) is 12.6 Å². The number of aryl methyl sites for hydroxylation is 1. The van der Waals surface area contributed by atoms with E-state index in [9.17, 15) is 4.79 Å². The lowest BCUT2D eigenvalue weighted by atomic mass is 10.3. The van der Waals surface area contributed by atoms with Crippen molar-refractivity contribution in [2.75, 3.05) is 49.1 Å². The van der Waals surface area contributed by atoms with Crippen molar-refractivity contribution >= 4 is 38.4 Å². The molecule has 3 heterocycles. The maximum Gasteiger partial charge on any atom is 0.242 e. The van der Waals surface area contributed by atoms with Gasteiger partial charge >= 0.3 is 0 Å². The Bertz CT molecular complexity index is 894. The second-order valence-electron chi connectivity index (χ2n) is 6.77. The number of aromatic amines is 1. The van der Waals surface area contributed by atoms with E-state index in [2.05, 4.69) is 31.0 Å². The number of nitrogens with one attached hydrogen (secondary N) is 1. The number of rotatable bonds is 5. The summed E-state index contributed by atoms with van der Waals surface area (Å²) in [4.78, 5) is 23.8. The van der Waals surface area contributed by atoms with E-state index >= 15 is 0 Å². The second kappa shape index (κ2) is 7.66. The fourth-order valence-corrected chi connectivity index (χ4v) is 4.42. The van der Waals surface area contributed by atoms with E-state index in [4.69, 9.17) is 0 Å². The van der Waals surface area contributed by atoms with Gasteiger partial charge in [0.2, 0.25) is 5.91 Å². The third kappa shape index (κ3) is 3.81. The van der Waals surface area contributed by atoms with Gasteiger partial charge in [0, 0.05) is 44.5 Å². The zero-order chi connectivity index (χ0) is 18.8. The Balaban J connectivity index is 1.38. The molecular formula is C19H24N6OS. The van der Waals surface area contributed by atoms with Crippen LogP contribution in [-0.2, 0) is 4.79 Å². The molecule has 1 fully saturated rings. The Morgan fingerprint density at radius 3 is 2.70 bits per heavy atom. The van der Waals surface area contributed by atoms with Gasteiger partial charge in [-0.25, -0.2) is 4.98 Å². The number of aromatic nitrogens is 3. The van der Waals surface area contributed by atoms with Crippen molar-refractivity contribution < 1.29 is 4.79 Å². The van der Waals surface area contributed by atoms with Crippen LogP contribution >= 0.6 is 11.3 Å². The van der Waals surface area contributed by atoms with Crippen LogP contribution in [0, 0.1) is 6.92 Å². The molecule has 0 spiro atoms. The number of carbonyl (C=O) groups excluding carboxylic acids is 1. The lowest BCUT2D eigenvalue weighted by Crippen LogP contribution is -2.50. The molecular weight excluding hydrogens is 360 g/mol. The van der Waals surface area contributed by atoms with Crippen molar-refractivity contribution in [1.82, 2.24) is 20.1 Å². The first-order chi connectivity index (χ1) is 13.1. The van der Waals surface area contributed by atoms with E-state index in [-0.39, 0.29) is 5.91 Å². The fraction of sp³-hybridized carbons (Fsp3) is 0.421. The first-order valence-corrected chi connectivity index (χ1v) is 10.1. The number of fused-ring (bicyclic) bond motifs is 1. The third-order valence-corrected chi connectivity index (χ3v) is 5.94. The molecule has 1 N–H and O–H groups in total. The number of H-pyrrole nitrogens is 1. The van der Waals surface area contributed by atoms with Gasteiger partial charge in [-0.05, 0) is 26.0 Å². The number of amides is 1. The monoisotopic (exact) mass is 384 g/mol. The molecule has 1 saturated heterocycles. The van der Waals surface area contributed by atoms with Gasteiger partial charge in [0.25, 0.3) is 0 Å². The van der Waals surface area contributed by atoms with Gasteiger partial charge < -0.3 is 4.90 Å². The van der Waals surface area contributed by atoms with E-state index in [1.54, 1.807) is 16.2 Å². The summed E-state index contributed by atoms with van der Waals surface area (Å²) in [6.45, 7) is 8.54. The summed E-state index contributed by atoms with van der Waals surface area (Å²) in [5.41, 5.74) is 2.02. The van der Waals surface area contributed by atoms with Crippen molar-refractivity contribution in [3.05, 3.63) is 36.0 Å². The highest BCUT2D eigenvalue weighted by Crippen LogP contribution is 2.28. The fourth-order valence-electron chi connectivity index (χ4n) is 3.37. The van der Waals surface area contributed by atoms with Gasteiger partial charge in [0.1, 0.15) is 0 Å². The van der Waals surface area contributed by atoms with Crippen LogP contribution in [-0.4, -0.2) is 65.3 Å². The number of nitrogens with zero attached hydrogens (tertiary/aromatic N) is 5. The number of hydrogen-bond acceptors (Lipinski definition) is 6. The molecule has 27 heavy (non-hydrogen) atoms. The Morgan fingerprint density at radius 2 is 2.04 bits per heavy atom. The average Bonchev–Trinajstić information content (AvgIpc) is 3.29. The Kier molecular flexibility index (Phi) is 5.09. The van der Waals surface area contributed by atoms with Crippen molar-refractivity contribution in [2.24, 2.45) is 0 Å². The molecule has 3 aromatic rings. The number of carbonyl (C=O) groups is 1. The van der Waals surface area contributed by atoms with Gasteiger partial charge in [-0.1, -0.05) is 23.5 Å². The van der Waals surface area contributed by atoms with Gasteiger partial charge in [0.15, 0.2) is 10.9 Å². The molecule has 1 aliphatic rings. The number of benzene rings is 1. The highest BCUT2D eigenvalue weighted by atomic mass is 32.1. The quantitative estimate of drug-likeness (QED) is 0.732. The first kappa shape index (κ1) is 17.9. The van der Waals surface area contributed by atoms with E-state index in [0.29, 0.717) is 13.1 Å². The van der Waals surface area contributed by atoms with Gasteiger partial charge in [-0.3, -0.25) is 19.7 Å². The molecule has 0 unspecified atom stereocenters. The van der Waals surface area contributed by atoms with Crippen LogP contribution in [0.2, 0.25) is 0 Å². The number of anilines is 2. The van der Waals surface area contributed by atoms with Crippen LogP contribution in [0.4, 0.5) is 10.9 Å². The predicted octanol–water partition coefficient (Wildman–Crippen LogP) is 2.50. The minimum atomic E-state index is 0.112. The maximum atomic E-state index is 12.9. The van der Waals surface area contributed by atoms with Crippen molar-refractivity contribution in [1.29, 1.82) is 0 Å². The summed E-state index contributed by atoms with van der Waals surface area (Å²) in [6.07, 6.45) is 0. The van der Waals surface area contributed by atoms with Crippen LogP contribution in [0.15, 0.2) is 30.3 Å². The topological polar surface area (TPSA) is 68.4 Å². The number of piperazine rings is 1. The van der Waals surface area contributed by atoms with Crippen LogP contribution in [0.25, 0.3) is 10.2 Å². The minimum Gasteiger partial charge on any atom is -0.353 e. The van der Waals surface area contributed by atoms with E-state index < -0.39 is 0 Å². The van der Waals surface area contributed by atoms with Gasteiger partial charge in [0.05, 0.1) is 16.8 Å². The Hall–Kier alpha value is -2.45. The third-order valence-electron chi connectivity index (χ3n) is 4.88. The molecule has 1 amide bonds. The Labute approximate surface area is 162 Å². The summed E-state index contributed by atoms with van der Waals surface area (Å²) in [5, 5.41) is 8.10. The molecule has 0 aliphatic carbocycles. The van der Waals surface area contributed by atoms with Crippen LogP contribution < -0.4 is 9.80 Å². The summed E-state index contributed by atoms with van der Waals surface area (Å²) in [5.74, 6) is 1.10. The Morgan fingerprint density at radius 1 is 1.26 bits per heavy atom. The summed E-state index contributed by atoms with van der Waals surface area (Å²) < 4.78 is 1.11. The summed E-state index contributed by atoms with van der Waals surface area (Å²) in [7, 11) is 0. The number of hydrogen-bond donors (Lipinski definition) is 1. The van der Waals surface area contributed by atoms with E-state index in [1.165, 1.54) is 0 Å². The van der Waals surface area contributed by atoms with Gasteiger partial charge in [-0.2, -0.15) is 5.10 Å². The first-order valence-electron chi connectivity index (χ1n) is 9.29. The molecule has 0 bridgehead atoms. The molecule has 0 radical (unpaired) electrons. The lowest BCUT2D eigenvalue weighted by Gasteiger charge is -2.35. The van der Waals surface area contributed by atoms with E-state index in [0.717, 1.165) is 53.0 Å². The second-order valence-corrected chi connectivity index (χ2v) is 7.78. The van der Waals surface area contributed by atoms with Crippen molar-refractivity contribution in [2.45, 2.75) is 13.8 Å². The molecule has 1 aliphatic heterocycles. The minimum absolute atomic E-state index is 0.112. The summed E-state index contributed by atoms with van der Waals surface area (Å²) >= 11 is 1.58. The number of para-hydroxylation sites is 1. The molecule has 1 aromatic carbocycles. The smallest absolute Gasteiger partial charge is 0.242 e. The number of thiazole rings is 1. The standard InChI is InChI=1S/C19H24N6OS/c1-3-25(19-20-15-6-4-5-7-16(15)27-19)18(26)13-23-8-10-24(11-9-23)17-12-14(2)21-22-17/h4-7,12H,3,8-11,13H2,1-2H3,(H,21,22). The molecule has 0 saturated carbocycles. The number of likely N-dealkylation sites (N-methyl/N-ethyl adjacent to an activating group) is 1. The van der Waals surface area contributed by atoms with Crippen molar-refractivity contribution in [3.63, 3.8) is 0 Å². The molecule has 8 heteroatoms. The highest BCUT2D eigenvalue weighted by molar-refractivity contribution is 7.22. The molecule has 0 atom stereocenters. The van der Waals surface area contributed by atoms with Crippen molar-refractivity contribution in [3.8, 4) is 0 Å². The van der Waals surface area contributed by atoms with E-state index in [1.807, 2.05) is 38.1 Å². The molecule has 142 valence electrons. The lowest BCUT2D eigenvalue weighted by molar-refractivity contribution is -0.119. The largest absolute Gasteiger partial charge is 0.353 e. The molecule has 4 rings (SSSR count). The highest BCUT2D eigenvalue weighted by Gasteiger charge is 2.24. The normalized spacial score (nSPS) is 15.4. The van der Waals surface area contributed by atoms with Crippen LogP contribution in [0.3, 0.4) is 0 Å². The maximum absolute atomic E-state index is 12.9. The zero-order valence-corrected chi connectivity index (χ0v) is 16.5.